The van der Waals surface area contributed by atoms with Gasteiger partial charge in [-0.1, -0.05) is 36.4 Å². The van der Waals surface area contributed by atoms with Gasteiger partial charge in [-0.15, -0.1) is 0 Å². The van der Waals surface area contributed by atoms with Gasteiger partial charge in [0.15, 0.2) is 5.78 Å². The van der Waals surface area contributed by atoms with Crippen molar-refractivity contribution in [2.45, 2.75) is 26.4 Å². The van der Waals surface area contributed by atoms with Crippen molar-refractivity contribution in [2.24, 2.45) is 0 Å². The van der Waals surface area contributed by atoms with E-state index < -0.39 is 23.0 Å². The molecule has 2 aromatic carbocycles. The molecule has 0 bridgehead atoms. The second-order valence-electron chi connectivity index (χ2n) is 5.94. The molecule has 23 heavy (non-hydrogen) atoms. The highest BCUT2D eigenvalue weighted by molar-refractivity contribution is 6.49. The fourth-order valence-corrected chi connectivity index (χ4v) is 2.26. The largest absolute Gasteiger partial charge is 0.382 e. The standard InChI is InChI=1S/C19H18O4/c1-12-11-14(18(22)19(2,3)23)9-10-15(12)17(21)16(20)13-7-5-4-6-8-13/h4-11,23H,1-3H3. The van der Waals surface area contributed by atoms with Crippen molar-refractivity contribution in [3.05, 3.63) is 70.8 Å². The Hall–Kier alpha value is -2.59. The van der Waals surface area contributed by atoms with Crippen LogP contribution >= 0.6 is 0 Å². The number of hydrogen-bond acceptors (Lipinski definition) is 4. The van der Waals surface area contributed by atoms with Gasteiger partial charge in [0.05, 0.1) is 0 Å². The van der Waals surface area contributed by atoms with Crippen LogP contribution in [0.15, 0.2) is 48.5 Å². The molecule has 4 nitrogen and oxygen atoms in total. The van der Waals surface area contributed by atoms with Gasteiger partial charge < -0.3 is 5.11 Å². The van der Waals surface area contributed by atoms with E-state index in [2.05, 4.69) is 0 Å². The highest BCUT2D eigenvalue weighted by atomic mass is 16.3. The van der Waals surface area contributed by atoms with Crippen molar-refractivity contribution in [3.63, 3.8) is 0 Å². The molecule has 0 aromatic heterocycles. The maximum absolute atomic E-state index is 12.4. The third kappa shape index (κ3) is 3.60. The zero-order chi connectivity index (χ0) is 17.2. The molecule has 0 radical (unpaired) electrons. The average molecular weight is 310 g/mol. The lowest BCUT2D eigenvalue weighted by Crippen LogP contribution is -2.31. The smallest absolute Gasteiger partial charge is 0.233 e. The Bertz CT molecular complexity index is 768. The van der Waals surface area contributed by atoms with Gasteiger partial charge in [0.1, 0.15) is 5.60 Å². The Morgan fingerprint density at radius 2 is 1.48 bits per heavy atom. The predicted octanol–water partition coefficient (Wildman–Crippen LogP) is 3.01. The summed E-state index contributed by atoms with van der Waals surface area (Å²) in [5.41, 5.74) is -0.0783. The predicted molar refractivity (Wildman–Crippen MR) is 86.9 cm³/mol. The summed E-state index contributed by atoms with van der Waals surface area (Å²) in [6, 6.07) is 12.8. The normalized spacial score (nSPS) is 11.1. The minimum Gasteiger partial charge on any atom is -0.382 e. The highest BCUT2D eigenvalue weighted by Gasteiger charge is 2.26. The van der Waals surface area contributed by atoms with Crippen LogP contribution in [0.4, 0.5) is 0 Å². The molecule has 0 amide bonds. The number of aliphatic hydroxyl groups is 1. The van der Waals surface area contributed by atoms with Gasteiger partial charge >= 0.3 is 0 Å². The highest BCUT2D eigenvalue weighted by Crippen LogP contribution is 2.18. The van der Waals surface area contributed by atoms with Crippen LogP contribution in [0.2, 0.25) is 0 Å². The number of benzene rings is 2. The lowest BCUT2D eigenvalue weighted by molar-refractivity contribution is 0.0488. The van der Waals surface area contributed by atoms with E-state index in [1.54, 1.807) is 37.3 Å². The summed E-state index contributed by atoms with van der Waals surface area (Å²) in [5.74, 6) is -1.64. The van der Waals surface area contributed by atoms with E-state index in [1.165, 1.54) is 32.0 Å². The van der Waals surface area contributed by atoms with Crippen LogP contribution in [0.3, 0.4) is 0 Å². The van der Waals surface area contributed by atoms with Gasteiger partial charge in [-0.2, -0.15) is 0 Å². The van der Waals surface area contributed by atoms with E-state index in [1.807, 2.05) is 0 Å². The maximum atomic E-state index is 12.4. The minimum absolute atomic E-state index is 0.256. The van der Waals surface area contributed by atoms with E-state index in [4.69, 9.17) is 0 Å². The fraction of sp³-hybridized carbons (Fsp3) is 0.211. The van der Waals surface area contributed by atoms with Crippen LogP contribution in [0.5, 0.6) is 0 Å². The summed E-state index contributed by atoms with van der Waals surface area (Å²) in [6.07, 6.45) is 0. The number of carbonyl (C=O) groups excluding carboxylic acids is 3. The molecule has 0 heterocycles. The second-order valence-corrected chi connectivity index (χ2v) is 5.94. The molecule has 0 unspecified atom stereocenters. The van der Waals surface area contributed by atoms with Gasteiger partial charge in [-0.3, -0.25) is 14.4 Å². The Balaban J connectivity index is 2.33. The molecule has 0 fully saturated rings. The van der Waals surface area contributed by atoms with Gasteiger partial charge in [0.2, 0.25) is 11.6 Å². The summed E-state index contributed by atoms with van der Waals surface area (Å²) in [5, 5.41) is 9.78. The first-order valence-corrected chi connectivity index (χ1v) is 7.23. The molecule has 0 spiro atoms. The average Bonchev–Trinajstić information content (AvgIpc) is 2.52. The molecule has 1 N–H and O–H groups in total. The number of ketones is 3. The molecule has 2 aromatic rings. The van der Waals surface area contributed by atoms with Crippen molar-refractivity contribution in [3.8, 4) is 0 Å². The molecule has 0 saturated heterocycles. The zero-order valence-corrected chi connectivity index (χ0v) is 13.3. The number of carbonyl (C=O) groups is 3. The Morgan fingerprint density at radius 1 is 0.870 bits per heavy atom. The number of Topliss-reactive ketones (excluding diaryl/α,β-unsaturated/α-hetero) is 3. The summed E-state index contributed by atoms with van der Waals surface area (Å²) in [7, 11) is 0. The van der Waals surface area contributed by atoms with Crippen LogP contribution in [0.25, 0.3) is 0 Å². The Kier molecular flexibility index (Phi) is 4.57. The molecular weight excluding hydrogens is 292 g/mol. The van der Waals surface area contributed by atoms with Crippen molar-refractivity contribution >= 4 is 17.3 Å². The van der Waals surface area contributed by atoms with Crippen LogP contribution in [-0.2, 0) is 0 Å². The topological polar surface area (TPSA) is 71.4 Å². The summed E-state index contributed by atoms with van der Waals surface area (Å²) < 4.78 is 0. The summed E-state index contributed by atoms with van der Waals surface area (Å²) >= 11 is 0. The first-order valence-electron chi connectivity index (χ1n) is 7.23. The van der Waals surface area contributed by atoms with Crippen molar-refractivity contribution < 1.29 is 19.5 Å². The molecule has 4 heteroatoms. The van der Waals surface area contributed by atoms with Gasteiger partial charge in [0, 0.05) is 16.7 Å². The van der Waals surface area contributed by atoms with Crippen molar-refractivity contribution in [1.29, 1.82) is 0 Å². The molecule has 0 aliphatic rings. The Morgan fingerprint density at radius 3 is 2.00 bits per heavy atom. The van der Waals surface area contributed by atoms with Crippen molar-refractivity contribution in [1.82, 2.24) is 0 Å². The van der Waals surface area contributed by atoms with E-state index in [0.29, 0.717) is 16.7 Å². The number of rotatable bonds is 5. The molecule has 0 saturated carbocycles. The second kappa shape index (κ2) is 6.26. The van der Waals surface area contributed by atoms with Gasteiger partial charge in [0.25, 0.3) is 0 Å². The van der Waals surface area contributed by atoms with Crippen LogP contribution in [0.1, 0.15) is 50.5 Å². The summed E-state index contributed by atoms with van der Waals surface area (Å²) in [6.45, 7) is 4.47. The SMILES string of the molecule is Cc1cc(C(=O)C(C)(C)O)ccc1C(=O)C(=O)c1ccccc1. The maximum Gasteiger partial charge on any atom is 0.233 e. The van der Waals surface area contributed by atoms with Gasteiger partial charge in [-0.25, -0.2) is 0 Å². The van der Waals surface area contributed by atoms with E-state index >= 15 is 0 Å². The van der Waals surface area contributed by atoms with E-state index in [0.717, 1.165) is 0 Å². The third-order valence-electron chi connectivity index (χ3n) is 3.53. The molecule has 0 atom stereocenters. The monoisotopic (exact) mass is 310 g/mol. The lowest BCUT2D eigenvalue weighted by atomic mass is 9.92. The minimum atomic E-state index is -1.49. The third-order valence-corrected chi connectivity index (χ3v) is 3.53. The first-order chi connectivity index (χ1) is 10.7. The van der Waals surface area contributed by atoms with Crippen LogP contribution in [0, 0.1) is 6.92 Å². The fourth-order valence-electron chi connectivity index (χ4n) is 2.26. The lowest BCUT2D eigenvalue weighted by Gasteiger charge is -2.16. The van der Waals surface area contributed by atoms with Crippen LogP contribution in [-0.4, -0.2) is 28.1 Å². The van der Waals surface area contributed by atoms with Gasteiger partial charge in [-0.05, 0) is 38.5 Å². The molecule has 0 aliphatic heterocycles. The molecular formula is C19H18O4. The molecule has 118 valence electrons. The zero-order valence-electron chi connectivity index (χ0n) is 13.3. The summed E-state index contributed by atoms with van der Waals surface area (Å²) in [4.78, 5) is 36.6. The first kappa shape index (κ1) is 16.8. The van der Waals surface area contributed by atoms with Crippen LogP contribution < -0.4 is 0 Å². The van der Waals surface area contributed by atoms with Crippen molar-refractivity contribution in [2.75, 3.05) is 0 Å². The number of hydrogen-bond donors (Lipinski definition) is 1. The van der Waals surface area contributed by atoms with E-state index in [9.17, 15) is 19.5 Å². The molecule has 0 aliphatic carbocycles. The molecule has 2 rings (SSSR count). The quantitative estimate of drug-likeness (QED) is 0.680. The van der Waals surface area contributed by atoms with E-state index in [-0.39, 0.29) is 5.56 Å². The number of aryl methyl sites for hydroxylation is 1. The Labute approximate surface area is 134 Å².